The minimum atomic E-state index is -0.340. The number of aromatic nitrogens is 1. The van der Waals surface area contributed by atoms with E-state index in [2.05, 4.69) is 4.98 Å². The van der Waals surface area contributed by atoms with Gasteiger partial charge in [-0.05, 0) is 55.7 Å². The smallest absolute Gasteiger partial charge is 0.254 e. The van der Waals surface area contributed by atoms with Crippen molar-refractivity contribution in [3.63, 3.8) is 0 Å². The number of hydrogen-bond donors (Lipinski definition) is 0. The van der Waals surface area contributed by atoms with Crippen molar-refractivity contribution in [1.82, 2.24) is 9.88 Å². The molecule has 28 heavy (non-hydrogen) atoms. The van der Waals surface area contributed by atoms with Crippen molar-refractivity contribution in [3.05, 3.63) is 81.6 Å². The zero-order valence-electron chi connectivity index (χ0n) is 15.6. The molecule has 1 amide bonds. The molecular weight excluding hydrogens is 375 g/mol. The van der Waals surface area contributed by atoms with Crippen LogP contribution in [0.2, 0.25) is 0 Å². The van der Waals surface area contributed by atoms with Crippen molar-refractivity contribution in [2.24, 2.45) is 0 Å². The van der Waals surface area contributed by atoms with Crippen LogP contribution < -0.4 is 4.74 Å². The second-order valence-corrected chi connectivity index (χ2v) is 7.90. The molecule has 0 radical (unpaired) electrons. The second kappa shape index (κ2) is 8.10. The van der Waals surface area contributed by atoms with E-state index in [1.807, 2.05) is 41.5 Å². The van der Waals surface area contributed by atoms with Crippen molar-refractivity contribution >= 4 is 17.2 Å². The van der Waals surface area contributed by atoms with Gasteiger partial charge in [0.2, 0.25) is 0 Å². The zero-order valence-corrected chi connectivity index (χ0v) is 16.4. The first kappa shape index (κ1) is 18.6. The molecule has 0 atom stereocenters. The summed E-state index contributed by atoms with van der Waals surface area (Å²) in [6, 6.07) is 13.8. The van der Waals surface area contributed by atoms with Gasteiger partial charge in [0.15, 0.2) is 0 Å². The van der Waals surface area contributed by atoms with Crippen LogP contribution in [-0.4, -0.2) is 21.8 Å². The van der Waals surface area contributed by atoms with Crippen molar-refractivity contribution in [2.45, 2.75) is 39.0 Å². The molecule has 0 saturated heterocycles. The lowest BCUT2D eigenvalue weighted by molar-refractivity contribution is 0.0728. The number of benzene rings is 2. The van der Waals surface area contributed by atoms with Gasteiger partial charge >= 0.3 is 0 Å². The highest BCUT2D eigenvalue weighted by Crippen LogP contribution is 2.30. The Morgan fingerprint density at radius 3 is 2.68 bits per heavy atom. The molecule has 0 N–H and O–H groups in total. The summed E-state index contributed by atoms with van der Waals surface area (Å²) in [4.78, 5) is 19.3. The maximum atomic E-state index is 13.1. The van der Waals surface area contributed by atoms with Crippen LogP contribution in [0.1, 0.15) is 39.5 Å². The molecule has 6 heteroatoms. The van der Waals surface area contributed by atoms with Gasteiger partial charge in [-0.25, -0.2) is 9.37 Å². The van der Waals surface area contributed by atoms with Crippen molar-refractivity contribution in [2.75, 3.05) is 0 Å². The molecule has 0 aliphatic heterocycles. The Bertz CT molecular complexity index is 967. The fourth-order valence-electron chi connectivity index (χ4n) is 3.03. The fourth-order valence-corrected chi connectivity index (χ4v) is 3.73. The lowest BCUT2D eigenvalue weighted by Gasteiger charge is -2.21. The molecule has 1 aromatic heterocycles. The van der Waals surface area contributed by atoms with Gasteiger partial charge < -0.3 is 9.64 Å². The third kappa shape index (κ3) is 4.39. The summed E-state index contributed by atoms with van der Waals surface area (Å²) in [7, 11) is 0. The first-order chi connectivity index (χ1) is 13.6. The molecule has 2 aromatic carbocycles. The van der Waals surface area contributed by atoms with Crippen molar-refractivity contribution in [3.8, 4) is 5.75 Å². The predicted octanol–water partition coefficient (Wildman–Crippen LogP) is 4.97. The Morgan fingerprint density at radius 1 is 1.21 bits per heavy atom. The average molecular weight is 396 g/mol. The number of rotatable bonds is 7. The molecule has 4 nitrogen and oxygen atoms in total. The maximum Gasteiger partial charge on any atom is 0.254 e. The number of nitrogens with zero attached hydrogens (tertiary/aromatic N) is 2. The molecule has 1 saturated carbocycles. The normalized spacial score (nSPS) is 13.4. The van der Waals surface area contributed by atoms with Crippen LogP contribution in [0.15, 0.2) is 53.9 Å². The number of carbonyl (C=O) groups excluding carboxylic acids is 1. The lowest BCUT2D eigenvalue weighted by Crippen LogP contribution is -2.32. The average Bonchev–Trinajstić information content (AvgIpc) is 3.45. The number of halogens is 1. The summed E-state index contributed by atoms with van der Waals surface area (Å²) >= 11 is 1.53. The Labute approximate surface area is 167 Å². The van der Waals surface area contributed by atoms with E-state index >= 15 is 0 Å². The van der Waals surface area contributed by atoms with Gasteiger partial charge in [-0.2, -0.15) is 0 Å². The second-order valence-electron chi connectivity index (χ2n) is 6.96. The molecule has 1 aliphatic carbocycles. The molecule has 4 rings (SSSR count). The highest BCUT2D eigenvalue weighted by molar-refractivity contribution is 7.09. The minimum Gasteiger partial charge on any atom is -0.486 e. The van der Waals surface area contributed by atoms with E-state index in [1.54, 1.807) is 0 Å². The van der Waals surface area contributed by atoms with Gasteiger partial charge in [-0.1, -0.05) is 18.2 Å². The number of thiazole rings is 1. The third-order valence-corrected chi connectivity index (χ3v) is 5.59. The lowest BCUT2D eigenvalue weighted by atomic mass is 10.2. The van der Waals surface area contributed by atoms with Gasteiger partial charge in [-0.15, -0.1) is 11.3 Å². The van der Waals surface area contributed by atoms with Crippen LogP contribution in [-0.2, 0) is 13.2 Å². The van der Waals surface area contributed by atoms with E-state index in [0.29, 0.717) is 18.7 Å². The topological polar surface area (TPSA) is 42.4 Å². The largest absolute Gasteiger partial charge is 0.486 e. The third-order valence-electron chi connectivity index (χ3n) is 4.72. The Kier molecular flexibility index (Phi) is 5.39. The fraction of sp³-hybridized carbons (Fsp3) is 0.273. The van der Waals surface area contributed by atoms with E-state index in [-0.39, 0.29) is 17.8 Å². The van der Waals surface area contributed by atoms with Gasteiger partial charge in [0.25, 0.3) is 5.91 Å². The van der Waals surface area contributed by atoms with Gasteiger partial charge in [0.1, 0.15) is 23.2 Å². The minimum absolute atomic E-state index is 0.0757. The first-order valence-corrected chi connectivity index (χ1v) is 10.2. The summed E-state index contributed by atoms with van der Waals surface area (Å²) in [5.41, 5.74) is 2.45. The number of amides is 1. The van der Waals surface area contributed by atoms with Crippen LogP contribution in [0.5, 0.6) is 5.75 Å². The molecular formula is C22H21FN2O2S. The van der Waals surface area contributed by atoms with E-state index in [0.717, 1.165) is 34.9 Å². The predicted molar refractivity (Wildman–Crippen MR) is 107 cm³/mol. The first-order valence-electron chi connectivity index (χ1n) is 9.28. The number of para-hydroxylation sites is 1. The van der Waals surface area contributed by atoms with Crippen molar-refractivity contribution in [1.29, 1.82) is 0 Å². The highest BCUT2D eigenvalue weighted by atomic mass is 32.1. The summed E-state index contributed by atoms with van der Waals surface area (Å²) in [5, 5.41) is 2.85. The van der Waals surface area contributed by atoms with Crippen LogP contribution >= 0.6 is 11.3 Å². The molecule has 0 unspecified atom stereocenters. The number of hydrogen-bond acceptors (Lipinski definition) is 4. The molecule has 144 valence electrons. The monoisotopic (exact) mass is 396 g/mol. The van der Waals surface area contributed by atoms with Crippen molar-refractivity contribution < 1.29 is 13.9 Å². The summed E-state index contributed by atoms with van der Waals surface area (Å²) < 4.78 is 19.0. The molecule has 1 heterocycles. The van der Waals surface area contributed by atoms with E-state index < -0.39 is 0 Å². The van der Waals surface area contributed by atoms with Gasteiger partial charge in [0.05, 0.1) is 12.2 Å². The van der Waals surface area contributed by atoms with Crippen LogP contribution in [0.3, 0.4) is 0 Å². The molecule has 0 spiro atoms. The number of aryl methyl sites for hydroxylation is 1. The number of ether oxygens (including phenoxy) is 1. The quantitative estimate of drug-likeness (QED) is 0.566. The zero-order chi connectivity index (χ0) is 19.5. The van der Waals surface area contributed by atoms with Crippen LogP contribution in [0, 0.1) is 12.7 Å². The summed E-state index contributed by atoms with van der Waals surface area (Å²) in [6.07, 6.45) is 2.00. The van der Waals surface area contributed by atoms with E-state index in [1.165, 1.54) is 35.6 Å². The highest BCUT2D eigenvalue weighted by Gasteiger charge is 2.33. The summed E-state index contributed by atoms with van der Waals surface area (Å²) in [5.74, 6) is 0.436. The van der Waals surface area contributed by atoms with Gasteiger partial charge in [-0.3, -0.25) is 4.79 Å². The molecule has 3 aromatic rings. The molecule has 0 bridgehead atoms. The van der Waals surface area contributed by atoms with Crippen LogP contribution in [0.4, 0.5) is 4.39 Å². The van der Waals surface area contributed by atoms with Gasteiger partial charge in [0, 0.05) is 17.0 Å². The Morgan fingerprint density at radius 2 is 1.96 bits per heavy atom. The SMILES string of the molecule is Cc1ccccc1OCc1nc(CN(C(=O)c2ccc(F)cc2)C2CC2)cs1. The Hall–Kier alpha value is -2.73. The standard InChI is InChI=1S/C22H21FN2O2S/c1-15-4-2-3-5-20(15)27-13-21-24-18(14-28-21)12-25(19-10-11-19)22(26)16-6-8-17(23)9-7-16/h2-9,14,19H,10-13H2,1H3. The Balaban J connectivity index is 1.42. The summed E-state index contributed by atoms with van der Waals surface area (Å²) in [6.45, 7) is 2.88. The van der Waals surface area contributed by atoms with E-state index in [9.17, 15) is 9.18 Å². The van der Waals surface area contributed by atoms with Crippen LogP contribution in [0.25, 0.3) is 0 Å². The maximum absolute atomic E-state index is 13.1. The number of carbonyl (C=O) groups is 1. The van der Waals surface area contributed by atoms with E-state index in [4.69, 9.17) is 4.74 Å². The molecule has 1 fully saturated rings. The molecule has 1 aliphatic rings.